The van der Waals surface area contributed by atoms with Crippen LogP contribution in [0.1, 0.15) is 0 Å². The van der Waals surface area contributed by atoms with Gasteiger partial charge in [-0.1, -0.05) is 31.2 Å². The summed E-state index contributed by atoms with van der Waals surface area (Å²) >= 11 is 9.45. The van der Waals surface area contributed by atoms with Crippen molar-refractivity contribution in [1.29, 1.82) is 0 Å². The van der Waals surface area contributed by atoms with Crippen molar-refractivity contribution >= 4 is 46.6 Å². The van der Waals surface area contributed by atoms with Gasteiger partial charge in [0.15, 0.2) is 0 Å². The Morgan fingerprint density at radius 3 is 2.80 bits per heavy atom. The fourth-order valence-corrected chi connectivity index (χ4v) is 3.12. The third-order valence-electron chi connectivity index (χ3n) is 3.12. The zero-order chi connectivity index (χ0) is 14.8. The van der Waals surface area contributed by atoms with Crippen LogP contribution >= 0.6 is 27.5 Å². The van der Waals surface area contributed by atoms with Gasteiger partial charge in [0.1, 0.15) is 10.8 Å². The number of aromatic nitrogens is 2. The number of ether oxygens (including phenoxy) is 1. The van der Waals surface area contributed by atoms with E-state index in [0.29, 0.717) is 11.8 Å². The van der Waals surface area contributed by atoms with Crippen LogP contribution < -0.4 is 0 Å². The fourth-order valence-electron chi connectivity index (χ4n) is 1.89. The Balaban J connectivity index is 1.92. The lowest BCUT2D eigenvalue weighted by Crippen LogP contribution is -2.22. The summed E-state index contributed by atoms with van der Waals surface area (Å²) in [7, 11) is -0.998. The van der Waals surface area contributed by atoms with Gasteiger partial charge in [0.25, 0.3) is 0 Å². The highest BCUT2D eigenvalue weighted by atomic mass is 79.9. The van der Waals surface area contributed by atoms with Gasteiger partial charge in [-0.05, 0) is 34.1 Å². The Bertz CT molecular complexity index is 595. The van der Waals surface area contributed by atoms with Crippen molar-refractivity contribution in [2.24, 2.45) is 0 Å². The number of hydrogen-bond donors (Lipinski definition) is 0. The summed E-state index contributed by atoms with van der Waals surface area (Å²) in [5.41, 5.74) is 0.909. The van der Waals surface area contributed by atoms with Crippen molar-refractivity contribution in [1.82, 2.24) is 9.55 Å². The molecule has 0 N–H and O–H groups in total. The molecule has 20 heavy (non-hydrogen) atoms. The van der Waals surface area contributed by atoms with Gasteiger partial charge in [-0.15, -0.1) is 0 Å². The van der Waals surface area contributed by atoms with Crippen LogP contribution in [0, 0.1) is 0 Å². The third kappa shape index (κ3) is 4.31. The molecule has 2 aromatic rings. The van der Waals surface area contributed by atoms with Crippen molar-refractivity contribution < 1.29 is 4.74 Å². The van der Waals surface area contributed by atoms with Crippen LogP contribution in [0.4, 0.5) is 0 Å². The van der Waals surface area contributed by atoms with Gasteiger partial charge < -0.3 is 9.30 Å². The van der Waals surface area contributed by atoms with E-state index in [-0.39, 0.29) is 0 Å². The Morgan fingerprint density at radius 2 is 2.10 bits per heavy atom. The zero-order valence-corrected chi connectivity index (χ0v) is 15.5. The van der Waals surface area contributed by atoms with Crippen LogP contribution in [-0.2, 0) is 11.3 Å². The first-order chi connectivity index (χ1) is 9.37. The number of hydrogen-bond acceptors (Lipinski definition) is 2. The van der Waals surface area contributed by atoms with E-state index in [1.807, 2.05) is 18.3 Å². The fraction of sp³-hybridized carbons (Fsp3) is 0.500. The van der Waals surface area contributed by atoms with Crippen molar-refractivity contribution in [3.63, 3.8) is 0 Å². The smallest absolute Gasteiger partial charge is 0.145 e. The lowest BCUT2D eigenvalue weighted by molar-refractivity contribution is 0.139. The first-order valence-corrected chi connectivity index (χ1v) is 11.6. The molecule has 2 aromatic heterocycles. The second-order valence-electron chi connectivity index (χ2n) is 6.11. The maximum atomic E-state index is 6.05. The number of nitrogens with zero attached hydrogens (tertiary/aromatic N) is 2. The molecule has 6 heteroatoms. The molecular weight excluding hydrogens is 356 g/mol. The van der Waals surface area contributed by atoms with E-state index in [1.165, 1.54) is 6.04 Å². The summed E-state index contributed by atoms with van der Waals surface area (Å²) in [4.78, 5) is 4.41. The summed E-state index contributed by atoms with van der Waals surface area (Å²) < 4.78 is 8.64. The molecule has 0 aliphatic carbocycles. The molecule has 0 atom stereocenters. The van der Waals surface area contributed by atoms with Crippen molar-refractivity contribution in [3.05, 3.63) is 28.0 Å². The normalized spacial score (nSPS) is 12.2. The van der Waals surface area contributed by atoms with Crippen LogP contribution in [0.15, 0.2) is 22.8 Å². The van der Waals surface area contributed by atoms with Crippen LogP contribution in [0.3, 0.4) is 0 Å². The monoisotopic (exact) mass is 374 g/mol. The van der Waals surface area contributed by atoms with E-state index < -0.39 is 8.07 Å². The zero-order valence-electron chi connectivity index (χ0n) is 12.1. The van der Waals surface area contributed by atoms with Crippen molar-refractivity contribution in [2.75, 3.05) is 13.2 Å². The Kier molecular flexibility index (Phi) is 5.29. The molecule has 0 fully saturated rings. The maximum absolute atomic E-state index is 6.05. The molecule has 0 radical (unpaired) electrons. The van der Waals surface area contributed by atoms with Crippen LogP contribution in [0.5, 0.6) is 0 Å². The molecule has 0 spiro atoms. The van der Waals surface area contributed by atoms with E-state index in [0.717, 1.165) is 28.7 Å². The summed E-state index contributed by atoms with van der Waals surface area (Å²) in [6.45, 7) is 9.46. The lowest BCUT2D eigenvalue weighted by atomic mass is 10.3. The van der Waals surface area contributed by atoms with Gasteiger partial charge >= 0.3 is 0 Å². The average Bonchev–Trinajstić information content (AvgIpc) is 2.71. The SMILES string of the molecule is C[Si](C)(C)CCOCCn1ccc2cc(Br)c(Cl)nc21. The second kappa shape index (κ2) is 6.60. The lowest BCUT2D eigenvalue weighted by Gasteiger charge is -2.15. The predicted octanol–water partition coefficient (Wildman–Crippen LogP) is 4.81. The van der Waals surface area contributed by atoms with E-state index in [2.05, 4.69) is 45.1 Å². The first-order valence-electron chi connectivity index (χ1n) is 6.75. The molecule has 3 nitrogen and oxygen atoms in total. The Hall–Kier alpha value is -0.363. The van der Waals surface area contributed by atoms with Crippen LogP contribution in [0.2, 0.25) is 30.8 Å². The molecule has 2 rings (SSSR count). The molecule has 0 aromatic carbocycles. The van der Waals surface area contributed by atoms with Gasteiger partial charge in [0.05, 0.1) is 11.1 Å². The molecule has 0 amide bonds. The molecule has 110 valence electrons. The van der Waals surface area contributed by atoms with Gasteiger partial charge in [-0.2, -0.15) is 0 Å². The van der Waals surface area contributed by atoms with E-state index >= 15 is 0 Å². The quantitative estimate of drug-likeness (QED) is 0.411. The molecule has 0 bridgehead atoms. The van der Waals surface area contributed by atoms with Gasteiger partial charge in [-0.3, -0.25) is 0 Å². The highest BCUT2D eigenvalue weighted by molar-refractivity contribution is 9.10. The minimum Gasteiger partial charge on any atom is -0.380 e. The van der Waals surface area contributed by atoms with Crippen molar-refractivity contribution in [3.8, 4) is 0 Å². The first kappa shape index (κ1) is 16.0. The minimum absolute atomic E-state index is 0.497. The van der Waals surface area contributed by atoms with E-state index in [4.69, 9.17) is 16.3 Å². The number of fused-ring (bicyclic) bond motifs is 1. The highest BCUT2D eigenvalue weighted by Crippen LogP contribution is 2.25. The second-order valence-corrected chi connectivity index (χ2v) is 12.9. The largest absolute Gasteiger partial charge is 0.380 e. The van der Waals surface area contributed by atoms with Gasteiger partial charge in [0, 0.05) is 32.8 Å². The van der Waals surface area contributed by atoms with E-state index in [9.17, 15) is 0 Å². The van der Waals surface area contributed by atoms with E-state index in [1.54, 1.807) is 0 Å². The van der Waals surface area contributed by atoms with Crippen LogP contribution in [-0.4, -0.2) is 30.8 Å². The minimum atomic E-state index is -0.998. The Morgan fingerprint density at radius 1 is 1.35 bits per heavy atom. The number of halogens is 2. The maximum Gasteiger partial charge on any atom is 0.145 e. The third-order valence-corrected chi connectivity index (χ3v) is 5.95. The highest BCUT2D eigenvalue weighted by Gasteiger charge is 2.12. The molecule has 2 heterocycles. The van der Waals surface area contributed by atoms with Crippen molar-refractivity contribution in [2.45, 2.75) is 32.2 Å². The summed E-state index contributed by atoms with van der Waals surface area (Å²) in [5, 5.41) is 1.58. The molecule has 0 aliphatic heterocycles. The van der Waals surface area contributed by atoms with Gasteiger partial charge in [0.2, 0.25) is 0 Å². The average molecular weight is 376 g/mol. The molecular formula is C14H20BrClN2OSi. The Labute approximate surface area is 134 Å². The summed E-state index contributed by atoms with van der Waals surface area (Å²) in [5.74, 6) is 0. The number of pyridine rings is 1. The standard InChI is InChI=1S/C14H20BrClN2OSi/c1-20(2,3)9-8-19-7-6-18-5-4-11-10-12(15)13(16)17-14(11)18/h4-5,10H,6-9H2,1-3H3. The van der Waals surface area contributed by atoms with Gasteiger partial charge in [-0.25, -0.2) is 4.98 Å². The predicted molar refractivity (Wildman–Crippen MR) is 91.4 cm³/mol. The number of rotatable bonds is 6. The topological polar surface area (TPSA) is 27.1 Å². The molecule has 0 saturated heterocycles. The summed E-state index contributed by atoms with van der Waals surface area (Å²) in [6, 6.07) is 5.25. The molecule has 0 saturated carbocycles. The summed E-state index contributed by atoms with van der Waals surface area (Å²) in [6.07, 6.45) is 2.03. The van der Waals surface area contributed by atoms with Crippen LogP contribution in [0.25, 0.3) is 11.0 Å². The molecule has 0 aliphatic rings. The molecule has 0 unspecified atom stereocenters.